The number of nitrogens with one attached hydrogen (secondary N) is 3. The molecular formula is C28H30FN5O5. The van der Waals surface area contributed by atoms with Crippen LogP contribution in [0.1, 0.15) is 42.4 Å². The van der Waals surface area contributed by atoms with Gasteiger partial charge in [-0.3, -0.25) is 14.5 Å². The summed E-state index contributed by atoms with van der Waals surface area (Å²) in [6.45, 7) is 0.0106. The summed E-state index contributed by atoms with van der Waals surface area (Å²) in [7, 11) is 1.52. The van der Waals surface area contributed by atoms with E-state index in [1.807, 2.05) is 6.07 Å². The van der Waals surface area contributed by atoms with Gasteiger partial charge in [0.2, 0.25) is 5.91 Å². The van der Waals surface area contributed by atoms with Crippen molar-refractivity contribution in [1.82, 2.24) is 20.4 Å². The van der Waals surface area contributed by atoms with Crippen molar-refractivity contribution in [2.45, 2.75) is 50.2 Å². The van der Waals surface area contributed by atoms with Crippen molar-refractivity contribution in [3.05, 3.63) is 58.9 Å². The van der Waals surface area contributed by atoms with E-state index in [-0.39, 0.29) is 37.0 Å². The molecular weight excluding hydrogens is 505 g/mol. The molecule has 0 aromatic heterocycles. The van der Waals surface area contributed by atoms with Gasteiger partial charge in [-0.2, -0.15) is 0 Å². The first-order valence-corrected chi connectivity index (χ1v) is 13.3. The molecule has 39 heavy (non-hydrogen) atoms. The lowest BCUT2D eigenvalue weighted by Crippen LogP contribution is -2.50. The molecule has 0 radical (unpaired) electrons. The summed E-state index contributed by atoms with van der Waals surface area (Å²) >= 11 is 0. The van der Waals surface area contributed by atoms with Gasteiger partial charge in [-0.1, -0.05) is 6.07 Å². The zero-order chi connectivity index (χ0) is 27.3. The van der Waals surface area contributed by atoms with Crippen LogP contribution in [-0.2, 0) is 28.1 Å². The van der Waals surface area contributed by atoms with Crippen molar-refractivity contribution in [3.63, 3.8) is 0 Å². The Bertz CT molecular complexity index is 1380. The number of nitrogens with zero attached hydrogens (tertiary/aromatic N) is 2. The van der Waals surface area contributed by atoms with Crippen LogP contribution in [0.3, 0.4) is 0 Å². The Hall–Kier alpha value is -4.15. The number of anilines is 1. The van der Waals surface area contributed by atoms with E-state index >= 15 is 0 Å². The fraction of sp³-hybridized carbons (Fsp3) is 0.429. The fourth-order valence-corrected chi connectivity index (χ4v) is 6.04. The summed E-state index contributed by atoms with van der Waals surface area (Å²) in [6.07, 6.45) is 3.67. The monoisotopic (exact) mass is 535 g/mol. The maximum Gasteiger partial charge on any atom is 0.325 e. The van der Waals surface area contributed by atoms with Crippen molar-refractivity contribution in [2.24, 2.45) is 5.92 Å². The molecule has 4 aliphatic rings. The minimum absolute atomic E-state index is 0.145. The second-order valence-corrected chi connectivity index (χ2v) is 10.6. The lowest BCUT2D eigenvalue weighted by atomic mass is 9.76. The van der Waals surface area contributed by atoms with Crippen LogP contribution in [0.25, 0.3) is 0 Å². The molecule has 2 aromatic rings. The second kappa shape index (κ2) is 9.55. The van der Waals surface area contributed by atoms with Crippen molar-refractivity contribution < 1.29 is 28.3 Å². The van der Waals surface area contributed by atoms with E-state index in [4.69, 9.17) is 4.74 Å². The van der Waals surface area contributed by atoms with E-state index in [0.29, 0.717) is 41.8 Å². The van der Waals surface area contributed by atoms with Crippen LogP contribution in [-0.4, -0.2) is 59.9 Å². The van der Waals surface area contributed by atoms with Gasteiger partial charge in [0.1, 0.15) is 30.3 Å². The average Bonchev–Trinajstić information content (AvgIpc) is 3.74. The number of hydrogen-bond donors (Lipinski definition) is 3. The normalized spacial score (nSPS) is 23.9. The number of aryl methyl sites for hydroxylation is 1. The first-order valence-electron chi connectivity index (χ1n) is 13.3. The molecule has 10 nitrogen and oxygen atoms in total. The summed E-state index contributed by atoms with van der Waals surface area (Å²) in [5, 5.41) is 8.11. The number of carbonyl (C=O) groups is 4. The quantitative estimate of drug-likeness (QED) is 0.520. The van der Waals surface area contributed by atoms with E-state index in [0.717, 1.165) is 23.3 Å². The Morgan fingerprint density at radius 1 is 1.15 bits per heavy atom. The number of hydrogen-bond acceptors (Lipinski definition) is 5. The van der Waals surface area contributed by atoms with Gasteiger partial charge >= 0.3 is 12.1 Å². The zero-order valence-electron chi connectivity index (χ0n) is 21.6. The topological polar surface area (TPSA) is 120 Å². The summed E-state index contributed by atoms with van der Waals surface area (Å²) in [6, 6.07) is 8.33. The molecule has 2 aliphatic heterocycles. The highest BCUT2D eigenvalue weighted by molar-refractivity contribution is 6.09. The molecule has 2 fully saturated rings. The minimum Gasteiger partial charge on any atom is -0.491 e. The predicted molar refractivity (Wildman–Crippen MR) is 138 cm³/mol. The molecule has 1 saturated heterocycles. The van der Waals surface area contributed by atoms with E-state index in [9.17, 15) is 23.6 Å². The van der Waals surface area contributed by atoms with Crippen LogP contribution < -0.4 is 20.7 Å². The van der Waals surface area contributed by atoms with E-state index < -0.39 is 29.8 Å². The molecule has 6 rings (SSSR count). The van der Waals surface area contributed by atoms with Gasteiger partial charge in [0, 0.05) is 24.8 Å². The molecule has 2 atom stereocenters. The number of fused-ring (bicyclic) bond motifs is 3. The molecule has 0 unspecified atom stereocenters. The van der Waals surface area contributed by atoms with Crippen molar-refractivity contribution in [3.8, 4) is 5.75 Å². The molecule has 204 valence electrons. The predicted octanol–water partition coefficient (Wildman–Crippen LogP) is 2.86. The third-order valence-corrected chi connectivity index (χ3v) is 8.18. The maximum absolute atomic E-state index is 14.0. The first-order chi connectivity index (χ1) is 18.8. The lowest BCUT2D eigenvalue weighted by molar-refractivity contribution is -0.141. The lowest BCUT2D eigenvalue weighted by Gasteiger charge is -2.34. The van der Waals surface area contributed by atoms with Crippen molar-refractivity contribution in [2.75, 3.05) is 25.5 Å². The van der Waals surface area contributed by atoms with Crippen LogP contribution >= 0.6 is 0 Å². The zero-order valence-corrected chi connectivity index (χ0v) is 21.6. The number of imide groups is 1. The highest BCUT2D eigenvalue weighted by Gasteiger charge is 2.55. The minimum atomic E-state index is -1.26. The number of benzene rings is 2. The Kier molecular flexibility index (Phi) is 6.16. The van der Waals surface area contributed by atoms with Crippen LogP contribution in [0, 0.1) is 11.7 Å². The number of rotatable bonds is 4. The highest BCUT2D eigenvalue weighted by Crippen LogP contribution is 2.42. The third-order valence-electron chi connectivity index (χ3n) is 8.18. The number of halogens is 1. The highest BCUT2D eigenvalue weighted by atomic mass is 19.1. The Labute approximate surface area is 224 Å². The third kappa shape index (κ3) is 4.45. The molecule has 1 saturated carbocycles. The Morgan fingerprint density at radius 3 is 2.74 bits per heavy atom. The van der Waals surface area contributed by atoms with Crippen molar-refractivity contribution in [1.29, 1.82) is 0 Å². The van der Waals surface area contributed by atoms with Crippen LogP contribution in [0.5, 0.6) is 5.75 Å². The average molecular weight is 536 g/mol. The van der Waals surface area contributed by atoms with Crippen LogP contribution in [0.15, 0.2) is 36.4 Å². The number of urea groups is 2. The molecule has 3 N–H and O–H groups in total. The molecule has 2 aromatic carbocycles. The van der Waals surface area contributed by atoms with Gasteiger partial charge in [-0.25, -0.2) is 14.0 Å². The summed E-state index contributed by atoms with van der Waals surface area (Å²) in [4.78, 5) is 55.1. The number of carbonyl (C=O) groups excluding carboxylic acids is 4. The summed E-state index contributed by atoms with van der Waals surface area (Å²) in [5.41, 5.74) is 1.41. The fourth-order valence-electron chi connectivity index (χ4n) is 6.04. The van der Waals surface area contributed by atoms with Gasteiger partial charge in [0.25, 0.3) is 5.91 Å². The second-order valence-electron chi connectivity index (χ2n) is 10.6. The number of ether oxygens (including phenoxy) is 1. The Morgan fingerprint density at radius 2 is 1.97 bits per heavy atom. The molecule has 1 spiro atoms. The van der Waals surface area contributed by atoms with E-state index in [1.165, 1.54) is 19.2 Å². The van der Waals surface area contributed by atoms with E-state index in [1.54, 1.807) is 23.1 Å². The smallest absolute Gasteiger partial charge is 0.325 e. The molecule has 2 heterocycles. The summed E-state index contributed by atoms with van der Waals surface area (Å²) in [5.74, 6) is -0.459. The van der Waals surface area contributed by atoms with Crippen molar-refractivity contribution >= 4 is 29.6 Å². The molecule has 0 bridgehead atoms. The number of amides is 6. The van der Waals surface area contributed by atoms with Gasteiger partial charge in [0.05, 0.1) is 6.04 Å². The van der Waals surface area contributed by atoms with Crippen LogP contribution in [0.4, 0.5) is 19.7 Å². The van der Waals surface area contributed by atoms with Gasteiger partial charge in [-0.05, 0) is 79.5 Å². The van der Waals surface area contributed by atoms with Gasteiger partial charge in [-0.15, -0.1) is 0 Å². The summed E-state index contributed by atoms with van der Waals surface area (Å²) < 4.78 is 19.9. The largest absolute Gasteiger partial charge is 0.491 e. The molecule has 6 amide bonds. The standard InChI is InChI=1S/C28H30FN5O5/c1-30-26(37)31-20-7-8-21-17(12-20)3-2-10-28(21)25(36)34(27(38)32-28)14-24(35)33-13-18-11-19(29)6-9-23(18)39-15-22(33)16-4-5-16/h6-9,11-12,16,22H,2-5,10,13-15H2,1H3,(H,32,38)(H2,30,31,37)/t22-,28-/m0/s1. The first kappa shape index (κ1) is 25.1. The SMILES string of the molecule is CNC(=O)Nc1ccc2c(c1)CCC[C@]21NC(=O)N(CC(=O)N2Cc3cc(F)ccc3OC[C@H]2C2CC2)C1=O. The molecule has 11 heteroatoms. The van der Waals surface area contributed by atoms with Gasteiger partial charge < -0.3 is 25.6 Å². The maximum atomic E-state index is 14.0. The van der Waals surface area contributed by atoms with Crippen LogP contribution in [0.2, 0.25) is 0 Å². The van der Waals surface area contributed by atoms with E-state index in [2.05, 4.69) is 16.0 Å². The van der Waals surface area contributed by atoms with Gasteiger partial charge in [0.15, 0.2) is 0 Å². The Balaban J connectivity index is 1.25. The molecule has 2 aliphatic carbocycles.